The molecule has 0 aliphatic rings. The fraction of sp³-hybridized carbons (Fsp3) is 0.702. The molecular weight excluding hydrogens is 1110 g/mol. The van der Waals surface area contributed by atoms with Crippen molar-refractivity contribution < 1.29 is 124 Å². The van der Waals surface area contributed by atoms with Gasteiger partial charge in [0.1, 0.15) is 37.1 Å². The molecule has 0 aromatic heterocycles. The maximum Gasteiger partial charge on any atom is 0.422 e. The van der Waals surface area contributed by atoms with E-state index >= 15 is 0 Å². The van der Waals surface area contributed by atoms with Crippen LogP contribution in [-0.2, 0) is 85.8 Å². The third-order valence-corrected chi connectivity index (χ3v) is 9.92. The molecule has 0 heterocycles. The number of hydrogen-bond acceptors (Lipinski definition) is 23. The van der Waals surface area contributed by atoms with Gasteiger partial charge in [-0.25, -0.2) is 43.2 Å². The van der Waals surface area contributed by atoms with Crippen LogP contribution in [-0.4, -0.2) is 171 Å². The summed E-state index contributed by atoms with van der Waals surface area (Å²) in [6, 6.07) is 0. The van der Waals surface area contributed by atoms with E-state index in [1.54, 1.807) is 34.6 Å². The van der Waals surface area contributed by atoms with E-state index in [9.17, 15) is 81.9 Å². The summed E-state index contributed by atoms with van der Waals surface area (Å²) in [6.45, 7) is 41.2. The van der Waals surface area contributed by atoms with E-state index in [1.165, 1.54) is 90.0 Å². The highest BCUT2D eigenvalue weighted by Crippen LogP contribution is 2.27. The molecule has 0 rings (SSSR count). The van der Waals surface area contributed by atoms with Crippen molar-refractivity contribution in [2.24, 2.45) is 16.7 Å². The van der Waals surface area contributed by atoms with Crippen LogP contribution in [0.1, 0.15) is 151 Å². The van der Waals surface area contributed by atoms with Gasteiger partial charge >= 0.3 is 59.9 Å². The Morgan fingerprint density at radius 1 is 0.422 bits per heavy atom. The zero-order valence-corrected chi connectivity index (χ0v) is 52.1. The first kappa shape index (κ1) is 83.2. The quantitative estimate of drug-likeness (QED) is 0.0333. The Kier molecular flexibility index (Phi) is 34.6. The number of alkyl halides is 3. The normalized spacial score (nSPS) is 12.5. The molecule has 26 heteroatoms. The lowest BCUT2D eigenvalue weighted by atomic mass is 9.94. The van der Waals surface area contributed by atoms with Crippen LogP contribution in [0.25, 0.3) is 0 Å². The van der Waals surface area contributed by atoms with Gasteiger partial charge in [-0.3, -0.25) is 0 Å². The number of halogens is 3. The Morgan fingerprint density at radius 2 is 0.723 bits per heavy atom. The van der Waals surface area contributed by atoms with Gasteiger partial charge in [-0.05, 0) is 117 Å². The Hall–Kier alpha value is -6.22. The van der Waals surface area contributed by atoms with Crippen molar-refractivity contribution >= 4 is 53.7 Å². The lowest BCUT2D eigenvalue weighted by Crippen LogP contribution is -2.42. The molecule has 0 spiro atoms. The summed E-state index contributed by atoms with van der Waals surface area (Å²) in [5.41, 5.74) is -11.6. The molecule has 1 unspecified atom stereocenters. The van der Waals surface area contributed by atoms with Crippen LogP contribution >= 0.6 is 0 Å². The lowest BCUT2D eigenvalue weighted by molar-refractivity contribution is -0.176. The summed E-state index contributed by atoms with van der Waals surface area (Å²) < 4.78 is 81.3. The minimum atomic E-state index is -4.85. The molecule has 23 nitrogen and oxygen atoms in total. The lowest BCUT2D eigenvalue weighted by Gasteiger charge is -2.30. The molecule has 0 saturated heterocycles. The second kappa shape index (κ2) is 34.5. The molecule has 0 fully saturated rings. The number of carbonyl (C=O) groups is 9. The molecule has 0 radical (unpaired) electrons. The molecule has 0 bridgehead atoms. The van der Waals surface area contributed by atoms with E-state index in [0.717, 1.165) is 0 Å². The van der Waals surface area contributed by atoms with E-state index in [0.29, 0.717) is 24.0 Å². The highest BCUT2D eigenvalue weighted by molar-refractivity contribution is 5.89. The van der Waals surface area contributed by atoms with Crippen molar-refractivity contribution in [2.45, 2.75) is 197 Å². The zero-order valence-electron chi connectivity index (χ0n) is 52.1. The first-order chi connectivity index (χ1) is 36.8. The summed E-state index contributed by atoms with van der Waals surface area (Å²) in [5.74, 6) is -7.09. The molecule has 5 N–H and O–H groups in total. The van der Waals surface area contributed by atoms with Crippen molar-refractivity contribution in [1.82, 2.24) is 0 Å². The number of rotatable bonds is 28. The maximum atomic E-state index is 12.2. The van der Waals surface area contributed by atoms with Gasteiger partial charge in [0.05, 0.1) is 31.8 Å². The van der Waals surface area contributed by atoms with Crippen LogP contribution in [0.2, 0.25) is 0 Å². The summed E-state index contributed by atoms with van der Waals surface area (Å²) in [6.07, 6.45) is -4.47. The minimum absolute atomic E-state index is 0.0687. The Balaban J connectivity index is -0.000000505. The zero-order chi connectivity index (χ0) is 66.9. The predicted octanol–water partition coefficient (Wildman–Crippen LogP) is 6.15. The van der Waals surface area contributed by atoms with Crippen LogP contribution in [0.4, 0.5) is 13.2 Å². The van der Waals surface area contributed by atoms with Gasteiger partial charge in [-0.2, -0.15) is 13.2 Å². The van der Waals surface area contributed by atoms with Crippen LogP contribution < -0.4 is 0 Å². The van der Waals surface area contributed by atoms with Crippen LogP contribution in [0.3, 0.4) is 0 Å². The highest BCUT2D eigenvalue weighted by Gasteiger charge is 2.40. The van der Waals surface area contributed by atoms with Crippen molar-refractivity contribution in [3.8, 4) is 0 Å². The van der Waals surface area contributed by atoms with Gasteiger partial charge < -0.3 is 68.2 Å². The van der Waals surface area contributed by atoms with Crippen LogP contribution in [0.5, 0.6) is 0 Å². The second-order valence-corrected chi connectivity index (χ2v) is 24.1. The SMILES string of the molecule is C=C(C(=O)OCC(C)(C)COC(=O)C(C)(C)O)C(F)(F)F.C=C(C)C(=O)OC(C)(C)CCOC(=O)C(C)(C)O.C=C(C)C(=O)OC(CCOC(=O)C(C)(C)O)C(C)C.C=C(C)C(=O)OCC(C)(COC(=O)C(C)(C)O)COC(=O)C(C)(C)O. The average Bonchev–Trinajstić information content (AvgIpc) is 3.30. The van der Waals surface area contributed by atoms with Crippen molar-refractivity contribution in [3.63, 3.8) is 0 Å². The van der Waals surface area contributed by atoms with Gasteiger partial charge in [-0.1, -0.05) is 54.0 Å². The molecule has 0 amide bonds. The molecule has 0 aliphatic heterocycles. The van der Waals surface area contributed by atoms with Gasteiger partial charge in [-0.15, -0.1) is 0 Å². The van der Waals surface area contributed by atoms with Gasteiger partial charge in [0.15, 0.2) is 28.0 Å². The molecule has 83 heavy (non-hydrogen) atoms. The van der Waals surface area contributed by atoms with Crippen LogP contribution in [0, 0.1) is 16.7 Å². The van der Waals surface area contributed by atoms with E-state index < -0.39 is 117 Å². The van der Waals surface area contributed by atoms with Gasteiger partial charge in [0.2, 0.25) is 0 Å². The topological polar surface area (TPSA) is 338 Å². The minimum Gasteiger partial charge on any atom is -0.463 e. The van der Waals surface area contributed by atoms with E-state index in [4.69, 9.17) is 37.9 Å². The number of ether oxygens (including phenoxy) is 9. The number of aliphatic hydroxyl groups is 5. The Morgan fingerprint density at radius 3 is 1.05 bits per heavy atom. The summed E-state index contributed by atoms with van der Waals surface area (Å²) in [7, 11) is 0. The highest BCUT2D eigenvalue weighted by atomic mass is 19.4. The summed E-state index contributed by atoms with van der Waals surface area (Å²) in [4.78, 5) is 103. The fourth-order valence-corrected chi connectivity index (χ4v) is 4.43. The smallest absolute Gasteiger partial charge is 0.422 e. The van der Waals surface area contributed by atoms with Gasteiger partial charge in [0.25, 0.3) is 0 Å². The molecule has 480 valence electrons. The number of esters is 9. The van der Waals surface area contributed by atoms with Crippen LogP contribution in [0.15, 0.2) is 48.6 Å². The maximum absolute atomic E-state index is 12.2. The van der Waals surface area contributed by atoms with E-state index in [-0.39, 0.29) is 57.2 Å². The second-order valence-electron chi connectivity index (χ2n) is 24.1. The standard InChI is InChI=1S/C17H28O8.C14H24O5.C13H19F3O5.C13H22O5/c1-11(2)12(18)23-8-17(7,9-24-13(19)15(3,4)21)10-25-14(20)16(5,6)22;1-9(2)11(19-12(15)10(3)4)7-8-18-13(16)14(5,6)17;1-8(13(14,15)16)9(17)20-6-11(2,3)7-21-10(18)12(4,5)19;1-9(2)10(14)18-12(3,4)7-8-17-11(15)13(5,6)16/h21-22H,1,8-10H2,2-7H3;9,11,17H,3,7-8H2,1-2,4-6H3;19H,1,6-7H2,2-5H3;16H,1,7-8H2,2-6H3. The summed E-state index contributed by atoms with van der Waals surface area (Å²) in [5, 5.41) is 47.4. The largest absolute Gasteiger partial charge is 0.463 e. The molecule has 0 aromatic rings. The van der Waals surface area contributed by atoms with E-state index in [1.807, 2.05) is 13.8 Å². The first-order valence-electron chi connectivity index (χ1n) is 25.8. The number of carbonyl (C=O) groups excluding carboxylic acids is 9. The average molecular weight is 1200 g/mol. The Bertz CT molecular complexity index is 2210. The van der Waals surface area contributed by atoms with Crippen molar-refractivity contribution in [3.05, 3.63) is 48.6 Å². The third-order valence-electron chi connectivity index (χ3n) is 9.92. The van der Waals surface area contributed by atoms with E-state index in [2.05, 4.69) is 31.1 Å². The molecular formula is C57H93F3O23. The predicted molar refractivity (Wildman–Crippen MR) is 294 cm³/mol. The Labute approximate surface area is 485 Å². The molecule has 0 aliphatic carbocycles. The fourth-order valence-electron chi connectivity index (χ4n) is 4.43. The summed E-state index contributed by atoms with van der Waals surface area (Å²) >= 11 is 0. The number of hydrogen-bond donors (Lipinski definition) is 5. The monoisotopic (exact) mass is 1200 g/mol. The molecule has 1 atom stereocenters. The molecule has 0 saturated carbocycles. The van der Waals surface area contributed by atoms with Crippen molar-refractivity contribution in [1.29, 1.82) is 0 Å². The first-order valence-corrected chi connectivity index (χ1v) is 25.8. The molecule has 0 aromatic carbocycles. The third kappa shape index (κ3) is 39.8. The van der Waals surface area contributed by atoms with Crippen molar-refractivity contribution in [2.75, 3.05) is 46.2 Å². The van der Waals surface area contributed by atoms with Gasteiger partial charge in [0, 0.05) is 35.0 Å².